The first-order chi connectivity index (χ1) is 9.17. The van der Waals surface area contributed by atoms with Crippen molar-refractivity contribution in [2.45, 2.75) is 33.1 Å². The van der Waals surface area contributed by atoms with Gasteiger partial charge in [0.2, 0.25) is 0 Å². The number of thiophene rings is 1. The first-order valence-corrected chi connectivity index (χ1v) is 8.10. The lowest BCUT2D eigenvalue weighted by Crippen LogP contribution is -2.39. The molecule has 0 saturated heterocycles. The van der Waals surface area contributed by atoms with Crippen LogP contribution in [0.2, 0.25) is 4.34 Å². The highest BCUT2D eigenvalue weighted by Crippen LogP contribution is 2.21. The SMILES string of the molecule is CCCCN(C)C(=NCCc1ccc(Cl)s1)NCC. The first-order valence-electron chi connectivity index (χ1n) is 6.91. The third-order valence-corrected chi connectivity index (χ3v) is 4.08. The number of guanidine groups is 1. The minimum atomic E-state index is 0.801. The van der Waals surface area contributed by atoms with Crippen LogP contribution in [0, 0.1) is 0 Å². The molecule has 0 aliphatic carbocycles. The van der Waals surface area contributed by atoms with E-state index in [0.717, 1.165) is 36.4 Å². The van der Waals surface area contributed by atoms with Gasteiger partial charge >= 0.3 is 0 Å². The van der Waals surface area contributed by atoms with Crippen LogP contribution in [-0.2, 0) is 6.42 Å². The van der Waals surface area contributed by atoms with Gasteiger partial charge in [0.1, 0.15) is 0 Å². The summed E-state index contributed by atoms with van der Waals surface area (Å²) >= 11 is 7.56. The first kappa shape index (κ1) is 16.3. The predicted molar refractivity (Wildman–Crippen MR) is 86.5 cm³/mol. The fraction of sp³-hybridized carbons (Fsp3) is 0.643. The summed E-state index contributed by atoms with van der Waals surface area (Å²) in [6.45, 7) is 7.06. The van der Waals surface area contributed by atoms with Crippen LogP contribution in [0.1, 0.15) is 31.6 Å². The predicted octanol–water partition coefficient (Wildman–Crippen LogP) is 3.64. The average Bonchev–Trinajstić information content (AvgIpc) is 2.80. The zero-order valence-corrected chi connectivity index (χ0v) is 13.7. The number of nitrogens with one attached hydrogen (secondary N) is 1. The van der Waals surface area contributed by atoms with E-state index in [1.807, 2.05) is 6.07 Å². The highest BCUT2D eigenvalue weighted by Gasteiger charge is 2.04. The molecular formula is C14H24ClN3S. The summed E-state index contributed by atoms with van der Waals surface area (Å²) in [6.07, 6.45) is 3.35. The quantitative estimate of drug-likeness (QED) is 0.615. The number of rotatable bonds is 7. The third-order valence-electron chi connectivity index (χ3n) is 2.79. The largest absolute Gasteiger partial charge is 0.357 e. The molecule has 0 unspecified atom stereocenters. The van der Waals surface area contributed by atoms with Crippen LogP contribution in [0.3, 0.4) is 0 Å². The Kier molecular flexibility index (Phi) is 7.91. The van der Waals surface area contributed by atoms with E-state index in [1.165, 1.54) is 17.7 Å². The van der Waals surface area contributed by atoms with Gasteiger partial charge in [0.25, 0.3) is 0 Å². The number of hydrogen-bond donors (Lipinski definition) is 1. The second kappa shape index (κ2) is 9.21. The van der Waals surface area contributed by atoms with Crippen molar-refractivity contribution in [2.75, 3.05) is 26.7 Å². The molecule has 0 spiro atoms. The maximum absolute atomic E-state index is 5.92. The Morgan fingerprint density at radius 3 is 2.79 bits per heavy atom. The van der Waals surface area contributed by atoms with Gasteiger partial charge in [-0.05, 0) is 25.5 Å². The molecule has 0 radical (unpaired) electrons. The van der Waals surface area contributed by atoms with E-state index in [-0.39, 0.29) is 0 Å². The summed E-state index contributed by atoms with van der Waals surface area (Å²) in [4.78, 5) is 8.16. The molecule has 1 aromatic rings. The molecule has 3 nitrogen and oxygen atoms in total. The van der Waals surface area contributed by atoms with Crippen LogP contribution in [0.5, 0.6) is 0 Å². The molecule has 0 aliphatic heterocycles. The monoisotopic (exact) mass is 301 g/mol. The van der Waals surface area contributed by atoms with Gasteiger partial charge in [-0.1, -0.05) is 24.9 Å². The third kappa shape index (κ3) is 6.30. The van der Waals surface area contributed by atoms with E-state index in [1.54, 1.807) is 11.3 Å². The van der Waals surface area contributed by atoms with Gasteiger partial charge in [0, 0.05) is 38.0 Å². The lowest BCUT2D eigenvalue weighted by molar-refractivity contribution is 0.465. The van der Waals surface area contributed by atoms with Crippen molar-refractivity contribution < 1.29 is 0 Å². The Morgan fingerprint density at radius 1 is 1.42 bits per heavy atom. The van der Waals surface area contributed by atoms with Gasteiger partial charge in [-0.25, -0.2) is 0 Å². The molecule has 1 heterocycles. The molecule has 1 aromatic heterocycles. The minimum absolute atomic E-state index is 0.801. The fourth-order valence-electron chi connectivity index (χ4n) is 1.73. The molecule has 0 aromatic carbocycles. The van der Waals surface area contributed by atoms with Crippen molar-refractivity contribution in [3.8, 4) is 0 Å². The van der Waals surface area contributed by atoms with Gasteiger partial charge in [-0.3, -0.25) is 4.99 Å². The van der Waals surface area contributed by atoms with Crippen molar-refractivity contribution in [2.24, 2.45) is 4.99 Å². The number of nitrogens with zero attached hydrogens (tertiary/aromatic N) is 2. The molecule has 108 valence electrons. The van der Waals surface area contributed by atoms with Crippen molar-refractivity contribution in [1.82, 2.24) is 10.2 Å². The minimum Gasteiger partial charge on any atom is -0.357 e. The van der Waals surface area contributed by atoms with E-state index < -0.39 is 0 Å². The second-order valence-corrected chi connectivity index (χ2v) is 6.27. The molecule has 0 aliphatic rings. The number of halogens is 1. The van der Waals surface area contributed by atoms with E-state index in [4.69, 9.17) is 11.6 Å². The van der Waals surface area contributed by atoms with Gasteiger partial charge in [0.15, 0.2) is 5.96 Å². The molecule has 0 bridgehead atoms. The van der Waals surface area contributed by atoms with Crippen molar-refractivity contribution in [3.63, 3.8) is 0 Å². The molecule has 0 saturated carbocycles. The molecule has 0 amide bonds. The summed E-state index contributed by atoms with van der Waals surface area (Å²) in [7, 11) is 2.10. The van der Waals surface area contributed by atoms with Crippen LogP contribution in [0.15, 0.2) is 17.1 Å². The van der Waals surface area contributed by atoms with Crippen molar-refractivity contribution in [3.05, 3.63) is 21.3 Å². The Morgan fingerprint density at radius 2 is 2.21 bits per heavy atom. The van der Waals surface area contributed by atoms with E-state index >= 15 is 0 Å². The van der Waals surface area contributed by atoms with Crippen LogP contribution in [0.4, 0.5) is 0 Å². The van der Waals surface area contributed by atoms with Gasteiger partial charge in [0.05, 0.1) is 4.34 Å². The van der Waals surface area contributed by atoms with Crippen molar-refractivity contribution >= 4 is 28.9 Å². The number of aliphatic imine (C=N–C) groups is 1. The van der Waals surface area contributed by atoms with Crippen molar-refractivity contribution in [1.29, 1.82) is 0 Å². The zero-order valence-electron chi connectivity index (χ0n) is 12.1. The molecule has 19 heavy (non-hydrogen) atoms. The average molecular weight is 302 g/mol. The standard InChI is InChI=1S/C14H24ClN3S/c1-4-6-11-18(3)14(16-5-2)17-10-9-12-7-8-13(15)19-12/h7-8H,4-6,9-11H2,1-3H3,(H,16,17). The van der Waals surface area contributed by atoms with E-state index in [2.05, 4.69) is 42.2 Å². The molecule has 0 fully saturated rings. The molecule has 5 heteroatoms. The topological polar surface area (TPSA) is 27.6 Å². The fourth-order valence-corrected chi connectivity index (χ4v) is 2.81. The van der Waals surface area contributed by atoms with Gasteiger partial charge in [-0.15, -0.1) is 11.3 Å². The maximum Gasteiger partial charge on any atom is 0.193 e. The highest BCUT2D eigenvalue weighted by molar-refractivity contribution is 7.16. The Bertz CT molecular complexity index is 390. The summed E-state index contributed by atoms with van der Waals surface area (Å²) in [5.41, 5.74) is 0. The molecular weight excluding hydrogens is 278 g/mol. The van der Waals surface area contributed by atoms with Crippen LogP contribution >= 0.6 is 22.9 Å². The highest BCUT2D eigenvalue weighted by atomic mass is 35.5. The Hall–Kier alpha value is -0.740. The van der Waals surface area contributed by atoms with Gasteiger partial charge in [-0.2, -0.15) is 0 Å². The lowest BCUT2D eigenvalue weighted by atomic mass is 10.3. The molecule has 0 atom stereocenters. The molecule has 1 rings (SSSR count). The normalized spacial score (nSPS) is 11.7. The Labute approximate surface area is 125 Å². The summed E-state index contributed by atoms with van der Waals surface area (Å²) in [5, 5.41) is 3.34. The summed E-state index contributed by atoms with van der Waals surface area (Å²) < 4.78 is 0.853. The molecule has 1 N–H and O–H groups in total. The van der Waals surface area contributed by atoms with Crippen LogP contribution < -0.4 is 5.32 Å². The summed E-state index contributed by atoms with van der Waals surface area (Å²) in [5.74, 6) is 0.999. The Balaban J connectivity index is 2.47. The maximum atomic E-state index is 5.92. The summed E-state index contributed by atoms with van der Waals surface area (Å²) in [6, 6.07) is 4.03. The lowest BCUT2D eigenvalue weighted by Gasteiger charge is -2.21. The van der Waals surface area contributed by atoms with Crippen LogP contribution in [0.25, 0.3) is 0 Å². The van der Waals surface area contributed by atoms with E-state index in [9.17, 15) is 0 Å². The number of unbranched alkanes of at least 4 members (excludes halogenated alkanes) is 1. The second-order valence-electron chi connectivity index (χ2n) is 4.47. The van der Waals surface area contributed by atoms with Gasteiger partial charge < -0.3 is 10.2 Å². The number of hydrogen-bond acceptors (Lipinski definition) is 2. The zero-order chi connectivity index (χ0) is 14.1. The van der Waals surface area contributed by atoms with Crippen LogP contribution in [-0.4, -0.2) is 37.5 Å². The van der Waals surface area contributed by atoms with E-state index in [0.29, 0.717) is 0 Å². The smallest absolute Gasteiger partial charge is 0.193 e.